The normalized spacial score (nSPS) is 9.94. The lowest BCUT2D eigenvalue weighted by molar-refractivity contribution is -0.134. The molecule has 7 heteroatoms. The number of aliphatic carboxylic acids is 2. The maximum atomic E-state index is 10.3. The monoisotopic (exact) mass is 260 g/mol. The third kappa shape index (κ3) is 16.5. The minimum absolute atomic E-state index is 0.216. The van der Waals surface area contributed by atoms with Gasteiger partial charge in [0.2, 0.25) is 5.91 Å². The van der Waals surface area contributed by atoms with E-state index < -0.39 is 11.9 Å². The van der Waals surface area contributed by atoms with Crippen LogP contribution in [0.15, 0.2) is 12.2 Å². The molecule has 0 aromatic heterocycles. The molecule has 0 saturated carbocycles. The zero-order valence-electron chi connectivity index (χ0n) is 10.6. The van der Waals surface area contributed by atoms with Crippen molar-refractivity contribution in [3.8, 4) is 0 Å². The van der Waals surface area contributed by atoms with Gasteiger partial charge in [-0.1, -0.05) is 13.8 Å². The topological polar surface area (TPSA) is 121 Å². The smallest absolute Gasteiger partial charge is 0.328 e. The number of nitrogens with two attached hydrogens (primary N) is 1. The van der Waals surface area contributed by atoms with Gasteiger partial charge < -0.3 is 20.8 Å². The summed E-state index contributed by atoms with van der Waals surface area (Å²) in [4.78, 5) is 31.6. The summed E-state index contributed by atoms with van der Waals surface area (Å²) in [5.74, 6) is -2.73. The molecule has 0 aromatic carbocycles. The Hall–Kier alpha value is -1.89. The van der Waals surface area contributed by atoms with Gasteiger partial charge in [-0.05, 0) is 13.1 Å². The molecule has 0 fully saturated rings. The number of carboxylic acids is 2. The molecule has 4 N–H and O–H groups in total. The molecule has 104 valence electrons. The Morgan fingerprint density at radius 1 is 1.06 bits per heavy atom. The molecule has 0 spiro atoms. The van der Waals surface area contributed by atoms with Crippen LogP contribution in [0.4, 0.5) is 0 Å². The first-order valence-electron chi connectivity index (χ1n) is 5.48. The largest absolute Gasteiger partial charge is 0.478 e. The van der Waals surface area contributed by atoms with Crippen LogP contribution >= 0.6 is 0 Å². The molecule has 0 aliphatic heterocycles. The van der Waals surface area contributed by atoms with Crippen LogP contribution in [0.25, 0.3) is 0 Å². The Kier molecular flexibility index (Phi) is 11.9. The molecule has 0 saturated heterocycles. The quantitative estimate of drug-likeness (QED) is 0.550. The van der Waals surface area contributed by atoms with Gasteiger partial charge in [0.25, 0.3) is 0 Å². The number of rotatable bonds is 7. The molecule has 0 atom stereocenters. The van der Waals surface area contributed by atoms with Crippen molar-refractivity contribution in [3.63, 3.8) is 0 Å². The van der Waals surface area contributed by atoms with Gasteiger partial charge in [0.05, 0.1) is 0 Å². The molecule has 0 bridgehead atoms. The highest BCUT2D eigenvalue weighted by atomic mass is 16.4. The molecule has 0 heterocycles. The second-order valence-corrected chi connectivity index (χ2v) is 3.25. The molecule has 0 aliphatic rings. The van der Waals surface area contributed by atoms with Crippen molar-refractivity contribution in [3.05, 3.63) is 12.2 Å². The lowest BCUT2D eigenvalue weighted by atomic mass is 10.3. The van der Waals surface area contributed by atoms with Crippen LogP contribution in [0.5, 0.6) is 0 Å². The van der Waals surface area contributed by atoms with Gasteiger partial charge in [0.15, 0.2) is 0 Å². The predicted octanol–water partition coefficient (Wildman–Crippen LogP) is -0.0846. The Balaban J connectivity index is 0. The third-order valence-corrected chi connectivity index (χ3v) is 1.94. The number of nitrogens with zero attached hydrogens (tertiary/aromatic N) is 1. The van der Waals surface area contributed by atoms with Crippen LogP contribution in [0.1, 0.15) is 20.3 Å². The Bertz CT molecular complexity index is 282. The van der Waals surface area contributed by atoms with E-state index in [1.165, 1.54) is 0 Å². The summed E-state index contributed by atoms with van der Waals surface area (Å²) in [5.41, 5.74) is 4.98. The number of carbonyl (C=O) groups is 3. The lowest BCUT2D eigenvalue weighted by Gasteiger charge is -2.15. The fourth-order valence-electron chi connectivity index (χ4n) is 0.951. The van der Waals surface area contributed by atoms with Crippen LogP contribution in [-0.2, 0) is 14.4 Å². The molecule has 18 heavy (non-hydrogen) atoms. The number of amides is 1. The van der Waals surface area contributed by atoms with Crippen LogP contribution in [-0.4, -0.2) is 52.6 Å². The van der Waals surface area contributed by atoms with E-state index >= 15 is 0 Å². The second kappa shape index (κ2) is 11.6. The molecule has 0 aliphatic carbocycles. The predicted molar refractivity (Wildman–Crippen MR) is 66.0 cm³/mol. The minimum atomic E-state index is -1.26. The summed E-state index contributed by atoms with van der Waals surface area (Å²) >= 11 is 0. The lowest BCUT2D eigenvalue weighted by Crippen LogP contribution is -2.27. The fourth-order valence-corrected chi connectivity index (χ4v) is 0.951. The van der Waals surface area contributed by atoms with Crippen molar-refractivity contribution in [1.82, 2.24) is 4.90 Å². The van der Waals surface area contributed by atoms with Gasteiger partial charge in [-0.2, -0.15) is 0 Å². The van der Waals surface area contributed by atoms with E-state index in [1.54, 1.807) is 0 Å². The highest BCUT2D eigenvalue weighted by Gasteiger charge is 1.99. The van der Waals surface area contributed by atoms with Gasteiger partial charge in [-0.15, -0.1) is 0 Å². The van der Waals surface area contributed by atoms with Crippen LogP contribution in [0, 0.1) is 0 Å². The van der Waals surface area contributed by atoms with E-state index in [0.717, 1.165) is 19.6 Å². The Labute approximate surface area is 106 Å². The van der Waals surface area contributed by atoms with E-state index in [9.17, 15) is 14.4 Å². The van der Waals surface area contributed by atoms with Crippen molar-refractivity contribution in [2.75, 3.05) is 19.6 Å². The summed E-state index contributed by atoms with van der Waals surface area (Å²) in [6.07, 6.45) is 1.59. The summed E-state index contributed by atoms with van der Waals surface area (Å²) in [6.45, 7) is 6.92. The molecule has 7 nitrogen and oxygen atoms in total. The molecular formula is C11H20N2O5. The Morgan fingerprint density at radius 3 is 1.67 bits per heavy atom. The van der Waals surface area contributed by atoms with E-state index in [2.05, 4.69) is 18.7 Å². The zero-order valence-corrected chi connectivity index (χ0v) is 10.6. The molecule has 0 rings (SSSR count). The van der Waals surface area contributed by atoms with E-state index in [4.69, 9.17) is 15.9 Å². The van der Waals surface area contributed by atoms with Gasteiger partial charge in [-0.3, -0.25) is 4.79 Å². The van der Waals surface area contributed by atoms with E-state index in [1.807, 2.05) is 0 Å². The summed E-state index contributed by atoms with van der Waals surface area (Å²) in [7, 11) is 0. The van der Waals surface area contributed by atoms with Crippen molar-refractivity contribution in [1.29, 1.82) is 0 Å². The second-order valence-electron chi connectivity index (χ2n) is 3.25. The van der Waals surface area contributed by atoms with Gasteiger partial charge >= 0.3 is 11.9 Å². The van der Waals surface area contributed by atoms with Gasteiger partial charge in [-0.25, -0.2) is 9.59 Å². The summed E-state index contributed by atoms with van der Waals surface area (Å²) < 4.78 is 0. The van der Waals surface area contributed by atoms with E-state index in [-0.39, 0.29) is 5.91 Å². The number of primary amides is 1. The van der Waals surface area contributed by atoms with E-state index in [0.29, 0.717) is 18.6 Å². The average molecular weight is 260 g/mol. The zero-order chi connectivity index (χ0) is 14.6. The van der Waals surface area contributed by atoms with Crippen LogP contribution in [0.3, 0.4) is 0 Å². The maximum Gasteiger partial charge on any atom is 0.328 e. The maximum absolute atomic E-state index is 10.3. The molecule has 0 aromatic rings. The number of carbonyl (C=O) groups excluding carboxylic acids is 1. The average Bonchev–Trinajstić information content (AvgIpc) is 2.28. The van der Waals surface area contributed by atoms with Gasteiger partial charge in [0, 0.05) is 25.1 Å². The minimum Gasteiger partial charge on any atom is -0.478 e. The standard InChI is InChI=1S/C7H16N2O.C4H4O4/c1-3-9(4-2)6-5-7(8)10;5-3(6)1-2-4(7)8/h3-6H2,1-2H3,(H2,8,10);1-2H,(H,5,6)(H,7,8)/b;2-1+. The summed E-state index contributed by atoms with van der Waals surface area (Å²) in [5, 5.41) is 15.6. The first-order valence-corrected chi connectivity index (χ1v) is 5.48. The van der Waals surface area contributed by atoms with Crippen molar-refractivity contribution in [2.45, 2.75) is 20.3 Å². The van der Waals surface area contributed by atoms with Crippen LogP contribution in [0.2, 0.25) is 0 Å². The molecule has 1 amide bonds. The Morgan fingerprint density at radius 2 is 1.44 bits per heavy atom. The summed E-state index contributed by atoms with van der Waals surface area (Å²) in [6, 6.07) is 0. The molecule has 0 unspecified atom stereocenters. The molecule has 0 radical (unpaired) electrons. The van der Waals surface area contributed by atoms with Gasteiger partial charge in [0.1, 0.15) is 0 Å². The fraction of sp³-hybridized carbons (Fsp3) is 0.545. The third-order valence-electron chi connectivity index (χ3n) is 1.94. The highest BCUT2D eigenvalue weighted by Crippen LogP contribution is 1.88. The first kappa shape index (κ1) is 18.5. The SMILES string of the molecule is CCN(CC)CCC(N)=O.O=C(O)/C=C/C(=O)O. The molecular weight excluding hydrogens is 240 g/mol. The number of hydrogen-bond donors (Lipinski definition) is 3. The van der Waals surface area contributed by atoms with Crippen molar-refractivity contribution >= 4 is 17.8 Å². The first-order chi connectivity index (χ1) is 8.33. The number of carboxylic acid groups (broad SMARTS) is 2. The highest BCUT2D eigenvalue weighted by molar-refractivity contribution is 5.89. The van der Waals surface area contributed by atoms with Crippen LogP contribution < -0.4 is 5.73 Å². The number of hydrogen-bond acceptors (Lipinski definition) is 4. The van der Waals surface area contributed by atoms with Crippen molar-refractivity contribution in [2.24, 2.45) is 5.73 Å². The van der Waals surface area contributed by atoms with Crippen molar-refractivity contribution < 1.29 is 24.6 Å².